The number of carbonyl (C=O) groups excluding carboxylic acids is 3. The van der Waals surface area contributed by atoms with E-state index in [-0.39, 0.29) is 31.1 Å². The van der Waals surface area contributed by atoms with Crippen LogP contribution in [-0.2, 0) is 28.6 Å². The summed E-state index contributed by atoms with van der Waals surface area (Å²) in [5, 5.41) is 0. The van der Waals surface area contributed by atoms with Crippen LogP contribution in [0, 0.1) is 0 Å². The lowest BCUT2D eigenvalue weighted by Crippen LogP contribution is -2.30. The molecule has 0 heterocycles. The van der Waals surface area contributed by atoms with Gasteiger partial charge in [-0.15, -0.1) is 0 Å². The second kappa shape index (κ2) is 59.2. The van der Waals surface area contributed by atoms with Gasteiger partial charge < -0.3 is 14.2 Å². The fourth-order valence-electron chi connectivity index (χ4n) is 8.37. The summed E-state index contributed by atoms with van der Waals surface area (Å²) < 4.78 is 16.7. The minimum Gasteiger partial charge on any atom is -0.462 e. The van der Waals surface area contributed by atoms with Crippen LogP contribution in [0.2, 0.25) is 0 Å². The third-order valence-electron chi connectivity index (χ3n) is 12.9. The zero-order chi connectivity index (χ0) is 51.4. The van der Waals surface area contributed by atoms with Gasteiger partial charge in [-0.1, -0.05) is 266 Å². The van der Waals surface area contributed by atoms with Gasteiger partial charge in [-0.3, -0.25) is 14.4 Å². The molecule has 1 unspecified atom stereocenters. The molecule has 1 atom stereocenters. The molecule has 0 aliphatic heterocycles. The molecule has 0 fully saturated rings. The predicted molar refractivity (Wildman–Crippen MR) is 307 cm³/mol. The van der Waals surface area contributed by atoms with Crippen molar-refractivity contribution >= 4 is 17.9 Å². The maximum Gasteiger partial charge on any atom is 0.306 e. The summed E-state index contributed by atoms with van der Waals surface area (Å²) in [6.07, 6.45) is 77.7. The number of carbonyl (C=O) groups is 3. The lowest BCUT2D eigenvalue weighted by Gasteiger charge is -2.18. The first kappa shape index (κ1) is 67.6. The molecule has 0 aliphatic carbocycles. The Kier molecular flexibility index (Phi) is 56.3. The van der Waals surface area contributed by atoms with Gasteiger partial charge in [-0.25, -0.2) is 0 Å². The smallest absolute Gasteiger partial charge is 0.306 e. The van der Waals surface area contributed by atoms with E-state index in [9.17, 15) is 14.4 Å². The lowest BCUT2D eigenvalue weighted by atomic mass is 10.0. The summed E-state index contributed by atoms with van der Waals surface area (Å²) in [5.41, 5.74) is 0. The fraction of sp³-hybridized carbons (Fsp3) is 0.738. The predicted octanol–water partition coefficient (Wildman–Crippen LogP) is 20.3. The van der Waals surface area contributed by atoms with Crippen LogP contribution in [0.5, 0.6) is 0 Å². The van der Waals surface area contributed by atoms with Crippen LogP contribution in [0.1, 0.15) is 290 Å². The van der Waals surface area contributed by atoms with Gasteiger partial charge >= 0.3 is 17.9 Å². The van der Waals surface area contributed by atoms with Crippen LogP contribution >= 0.6 is 0 Å². The van der Waals surface area contributed by atoms with Crippen molar-refractivity contribution in [3.05, 3.63) is 85.1 Å². The second-order valence-corrected chi connectivity index (χ2v) is 19.9. The Hall–Kier alpha value is -3.41. The number of hydrogen-bond donors (Lipinski definition) is 0. The van der Waals surface area contributed by atoms with Crippen LogP contribution < -0.4 is 0 Å². The molecule has 0 rings (SSSR count). The summed E-state index contributed by atoms with van der Waals surface area (Å²) in [5.74, 6) is -0.896. The van der Waals surface area contributed by atoms with Gasteiger partial charge in [0.25, 0.3) is 0 Å². The monoisotopic (exact) mass is 989 g/mol. The Labute approximate surface area is 439 Å². The van der Waals surface area contributed by atoms with Crippen molar-refractivity contribution in [3.63, 3.8) is 0 Å². The highest BCUT2D eigenvalue weighted by molar-refractivity contribution is 5.71. The maximum atomic E-state index is 12.8. The van der Waals surface area contributed by atoms with E-state index in [1.807, 2.05) is 0 Å². The van der Waals surface area contributed by atoms with Gasteiger partial charge in [0.05, 0.1) is 0 Å². The molecular weight excluding hydrogens is 877 g/mol. The van der Waals surface area contributed by atoms with Crippen LogP contribution in [0.3, 0.4) is 0 Å². The molecule has 71 heavy (non-hydrogen) atoms. The average Bonchev–Trinajstić information content (AvgIpc) is 3.37. The summed E-state index contributed by atoms with van der Waals surface area (Å²) in [6.45, 7) is 6.43. The first-order valence-electron chi connectivity index (χ1n) is 30.1. The quantitative estimate of drug-likeness (QED) is 0.0261. The molecule has 0 saturated carbocycles. The highest BCUT2D eigenvalue weighted by Gasteiger charge is 2.19. The molecule has 0 N–H and O–H groups in total. The van der Waals surface area contributed by atoms with E-state index in [2.05, 4.69) is 106 Å². The Morgan fingerprint density at radius 3 is 0.901 bits per heavy atom. The van der Waals surface area contributed by atoms with Crippen molar-refractivity contribution in [2.24, 2.45) is 0 Å². The molecule has 0 aromatic carbocycles. The first-order chi connectivity index (χ1) is 35.0. The van der Waals surface area contributed by atoms with Gasteiger partial charge in [-0.2, -0.15) is 0 Å². The van der Waals surface area contributed by atoms with Gasteiger partial charge in [0, 0.05) is 19.3 Å². The minimum absolute atomic E-state index is 0.0790. The zero-order valence-corrected chi connectivity index (χ0v) is 46.7. The van der Waals surface area contributed by atoms with Crippen molar-refractivity contribution in [1.29, 1.82) is 0 Å². The van der Waals surface area contributed by atoms with E-state index in [0.717, 1.165) is 116 Å². The molecular formula is C65H112O6. The highest BCUT2D eigenvalue weighted by Crippen LogP contribution is 2.16. The maximum absolute atomic E-state index is 12.8. The second-order valence-electron chi connectivity index (χ2n) is 19.9. The van der Waals surface area contributed by atoms with Crippen molar-refractivity contribution in [2.45, 2.75) is 297 Å². The third-order valence-corrected chi connectivity index (χ3v) is 12.9. The van der Waals surface area contributed by atoms with Crippen molar-refractivity contribution < 1.29 is 28.6 Å². The number of unbranched alkanes of at least 4 members (excludes halogenated alkanes) is 29. The first-order valence-corrected chi connectivity index (χ1v) is 30.1. The Balaban J connectivity index is 3.98. The summed E-state index contributed by atoms with van der Waals surface area (Å²) >= 11 is 0. The van der Waals surface area contributed by atoms with Crippen LogP contribution in [0.15, 0.2) is 85.1 Å². The molecule has 408 valence electrons. The number of ether oxygens (including phenoxy) is 3. The van der Waals surface area contributed by atoms with E-state index in [4.69, 9.17) is 14.2 Å². The van der Waals surface area contributed by atoms with Crippen LogP contribution in [0.25, 0.3) is 0 Å². The summed E-state index contributed by atoms with van der Waals surface area (Å²) in [4.78, 5) is 37.8. The van der Waals surface area contributed by atoms with Crippen LogP contribution in [0.4, 0.5) is 0 Å². The summed E-state index contributed by atoms with van der Waals surface area (Å²) in [6, 6.07) is 0. The molecule has 0 spiro atoms. The fourth-order valence-corrected chi connectivity index (χ4v) is 8.37. The lowest BCUT2D eigenvalue weighted by molar-refractivity contribution is -0.167. The topological polar surface area (TPSA) is 78.9 Å². The molecule has 0 aromatic rings. The van der Waals surface area contributed by atoms with Crippen molar-refractivity contribution in [3.8, 4) is 0 Å². The molecule has 0 bridgehead atoms. The minimum atomic E-state index is -0.778. The standard InChI is InChI=1S/C65H112O6/c1-4-7-10-13-16-18-20-22-24-25-26-27-28-29-30-31-32-33-34-35-36-37-38-39-40-41-42-44-45-47-49-52-55-58-64(67)70-61-62(60-69-63(66)57-54-51-15-12-9-6-3)71-65(68)59-56-53-50-48-46-43-23-21-19-17-14-11-8-5-2/h7,10,14,16-18,21-24,26-27,29-30,62H,4-6,8-9,11-13,15,19-20,25,28,31-61H2,1-3H3/b10-7-,17-14-,18-16-,23-21-,24-22-,27-26-,30-29-. The summed E-state index contributed by atoms with van der Waals surface area (Å²) in [7, 11) is 0. The normalized spacial score (nSPS) is 12.7. The van der Waals surface area contributed by atoms with Crippen molar-refractivity contribution in [1.82, 2.24) is 0 Å². The van der Waals surface area contributed by atoms with Gasteiger partial charge in [0.1, 0.15) is 13.2 Å². The molecule has 0 aliphatic rings. The van der Waals surface area contributed by atoms with Gasteiger partial charge in [0.15, 0.2) is 6.10 Å². The third kappa shape index (κ3) is 57.4. The number of allylic oxidation sites excluding steroid dienone is 14. The van der Waals surface area contributed by atoms with E-state index in [1.54, 1.807) is 0 Å². The molecule has 6 nitrogen and oxygen atoms in total. The van der Waals surface area contributed by atoms with Crippen LogP contribution in [-0.4, -0.2) is 37.2 Å². The molecule has 6 heteroatoms. The molecule has 0 saturated heterocycles. The van der Waals surface area contributed by atoms with E-state index >= 15 is 0 Å². The SMILES string of the molecule is CC/C=C\C/C=C\C/C=C\C/C=C\C/C=C\CCCCCCCCCCCCCCCCCCCC(=O)OCC(COC(=O)CCCCCCCC)OC(=O)CCCCCCC/C=C\C/C=C\CCCC. The van der Waals surface area contributed by atoms with Gasteiger partial charge in [-0.05, 0) is 89.9 Å². The number of esters is 3. The van der Waals surface area contributed by atoms with E-state index in [0.29, 0.717) is 19.3 Å². The van der Waals surface area contributed by atoms with Crippen molar-refractivity contribution in [2.75, 3.05) is 13.2 Å². The largest absolute Gasteiger partial charge is 0.462 e. The van der Waals surface area contributed by atoms with E-state index in [1.165, 1.54) is 135 Å². The van der Waals surface area contributed by atoms with Gasteiger partial charge in [0.2, 0.25) is 0 Å². The highest BCUT2D eigenvalue weighted by atomic mass is 16.6. The Bertz CT molecular complexity index is 1370. The zero-order valence-electron chi connectivity index (χ0n) is 46.7. The Morgan fingerprint density at radius 2 is 0.563 bits per heavy atom. The Morgan fingerprint density at radius 1 is 0.296 bits per heavy atom. The average molecular weight is 990 g/mol. The molecule has 0 aromatic heterocycles. The molecule has 0 amide bonds. The van der Waals surface area contributed by atoms with E-state index < -0.39 is 6.10 Å². The number of hydrogen-bond acceptors (Lipinski definition) is 6. The number of rotatable bonds is 54. The molecule has 0 radical (unpaired) electrons.